The van der Waals surface area contributed by atoms with Gasteiger partial charge in [-0.25, -0.2) is 4.68 Å². The highest BCUT2D eigenvalue weighted by molar-refractivity contribution is 7.85. The van der Waals surface area contributed by atoms with Gasteiger partial charge in [0.05, 0.1) is 23.7 Å². The third-order valence-corrected chi connectivity index (χ3v) is 4.61. The molecular weight excluding hydrogens is 310 g/mol. The Bertz CT molecular complexity index is 656. The van der Waals surface area contributed by atoms with Crippen LogP contribution in [0.1, 0.15) is 32.2 Å². The zero-order chi connectivity index (χ0) is 16.5. The molecule has 0 radical (unpaired) electrons. The molecule has 1 amide bonds. The van der Waals surface area contributed by atoms with Crippen molar-refractivity contribution < 1.29 is 17.8 Å². The van der Waals surface area contributed by atoms with Gasteiger partial charge in [-0.1, -0.05) is 0 Å². The van der Waals surface area contributed by atoms with Gasteiger partial charge in [0.1, 0.15) is 6.04 Å². The number of aromatic nitrogens is 2. The maximum Gasteiger partial charge on any atom is 0.264 e. The number of hydrogen-bond donors (Lipinski definition) is 3. The van der Waals surface area contributed by atoms with Gasteiger partial charge in [0, 0.05) is 6.54 Å². The second-order valence-corrected chi connectivity index (χ2v) is 7.12. The summed E-state index contributed by atoms with van der Waals surface area (Å²) in [5.41, 5.74) is 11.8. The number of anilines is 2. The predicted octanol–water partition coefficient (Wildman–Crippen LogP) is -0.242. The fourth-order valence-corrected chi connectivity index (χ4v) is 3.39. The smallest absolute Gasteiger partial charge is 0.264 e. The molecule has 22 heavy (non-hydrogen) atoms. The van der Waals surface area contributed by atoms with E-state index < -0.39 is 22.1 Å². The summed E-state index contributed by atoms with van der Waals surface area (Å²) in [7, 11) is -4.04. The Morgan fingerprint density at radius 2 is 2.27 bits per heavy atom. The largest absolute Gasteiger partial charge is 0.394 e. The molecule has 9 nitrogen and oxygen atoms in total. The van der Waals surface area contributed by atoms with Gasteiger partial charge in [-0.05, 0) is 26.2 Å². The number of carbonyl (C=O) groups is 1. The summed E-state index contributed by atoms with van der Waals surface area (Å²) in [5, 5.41) is 4.18. The van der Waals surface area contributed by atoms with E-state index in [0.717, 1.165) is 6.42 Å². The molecule has 1 aromatic heterocycles. The van der Waals surface area contributed by atoms with Gasteiger partial charge in [-0.2, -0.15) is 13.5 Å². The molecule has 0 bridgehead atoms. The average molecular weight is 331 g/mol. The summed E-state index contributed by atoms with van der Waals surface area (Å²) in [5.74, 6) is -0.216. The van der Waals surface area contributed by atoms with Gasteiger partial charge < -0.3 is 16.4 Å². The van der Waals surface area contributed by atoms with Crippen LogP contribution in [0.5, 0.6) is 0 Å². The van der Waals surface area contributed by atoms with Crippen LogP contribution in [-0.4, -0.2) is 47.0 Å². The van der Waals surface area contributed by atoms with Crippen molar-refractivity contribution in [1.29, 1.82) is 0 Å². The minimum Gasteiger partial charge on any atom is -0.394 e. The highest BCUT2D eigenvalue weighted by Crippen LogP contribution is 2.33. The Kier molecular flexibility index (Phi) is 4.61. The number of hydrogen-bond acceptors (Lipinski definition) is 6. The zero-order valence-corrected chi connectivity index (χ0v) is 13.2. The van der Waals surface area contributed by atoms with E-state index in [9.17, 15) is 13.2 Å². The summed E-state index contributed by atoms with van der Waals surface area (Å²) >= 11 is 0. The van der Waals surface area contributed by atoms with Crippen LogP contribution in [0.15, 0.2) is 6.20 Å². The first-order chi connectivity index (χ1) is 10.2. The maximum atomic E-state index is 11.6. The lowest BCUT2D eigenvalue weighted by atomic mass is 10.2. The first-order valence-electron chi connectivity index (χ1n) is 7.05. The molecule has 1 aliphatic rings. The number of primary amides is 1. The summed E-state index contributed by atoms with van der Waals surface area (Å²) in [6.07, 6.45) is 3.12. The second-order valence-electron chi connectivity index (χ2n) is 5.55. The Morgan fingerprint density at radius 3 is 2.86 bits per heavy atom. The van der Waals surface area contributed by atoms with Crippen molar-refractivity contribution in [3.8, 4) is 0 Å². The monoisotopic (exact) mass is 331 g/mol. The number of nitrogen functional groups attached to an aromatic ring is 1. The van der Waals surface area contributed by atoms with E-state index in [1.54, 1.807) is 11.6 Å². The normalized spacial score (nSPS) is 20.3. The van der Waals surface area contributed by atoms with E-state index in [1.807, 2.05) is 4.90 Å². The van der Waals surface area contributed by atoms with Crippen molar-refractivity contribution >= 4 is 27.5 Å². The standard InChI is InChI=1S/C12H21N5O4S/c1-8(4-6-22(19,20)21)17-12(9(13)7-15-17)16-5-2-3-10(16)11(14)18/h7-8,10H,2-6,13H2,1H3,(H2,14,18)(H,19,20,21). The van der Waals surface area contributed by atoms with Crippen molar-refractivity contribution in [2.75, 3.05) is 22.9 Å². The molecule has 0 saturated carbocycles. The molecule has 2 heterocycles. The maximum absolute atomic E-state index is 11.6. The van der Waals surface area contributed by atoms with Crippen LogP contribution in [-0.2, 0) is 14.9 Å². The van der Waals surface area contributed by atoms with E-state index in [-0.39, 0.29) is 18.2 Å². The molecule has 2 rings (SSSR count). The molecule has 1 aromatic rings. The topological polar surface area (TPSA) is 145 Å². The molecule has 1 aliphatic heterocycles. The van der Waals surface area contributed by atoms with Crippen LogP contribution in [0.3, 0.4) is 0 Å². The van der Waals surface area contributed by atoms with Crippen LogP contribution in [0.4, 0.5) is 11.5 Å². The molecule has 0 aliphatic carbocycles. The predicted molar refractivity (Wildman–Crippen MR) is 81.9 cm³/mol. The Balaban J connectivity index is 2.26. The summed E-state index contributed by atoms with van der Waals surface area (Å²) in [6, 6.07) is -0.741. The average Bonchev–Trinajstić information content (AvgIpc) is 3.00. The van der Waals surface area contributed by atoms with Crippen molar-refractivity contribution in [3.05, 3.63) is 6.20 Å². The Morgan fingerprint density at radius 1 is 1.59 bits per heavy atom. The fourth-order valence-electron chi connectivity index (χ4n) is 2.75. The van der Waals surface area contributed by atoms with Gasteiger partial charge in [-0.15, -0.1) is 0 Å². The third-order valence-electron chi connectivity index (χ3n) is 3.86. The minimum atomic E-state index is -4.04. The molecular formula is C12H21N5O4S. The van der Waals surface area contributed by atoms with Gasteiger partial charge in [0.25, 0.3) is 10.1 Å². The second kappa shape index (κ2) is 6.13. The van der Waals surface area contributed by atoms with E-state index in [1.165, 1.54) is 6.20 Å². The highest BCUT2D eigenvalue weighted by Gasteiger charge is 2.33. The van der Waals surface area contributed by atoms with E-state index in [0.29, 0.717) is 24.5 Å². The van der Waals surface area contributed by atoms with Crippen LogP contribution in [0.25, 0.3) is 0 Å². The van der Waals surface area contributed by atoms with Crippen LogP contribution in [0, 0.1) is 0 Å². The van der Waals surface area contributed by atoms with Crippen molar-refractivity contribution in [2.45, 2.75) is 38.3 Å². The SMILES string of the molecule is CC(CCS(=O)(=O)O)n1ncc(N)c1N1CCCC1C(N)=O. The van der Waals surface area contributed by atoms with E-state index >= 15 is 0 Å². The Hall–Kier alpha value is -1.81. The van der Waals surface area contributed by atoms with E-state index in [4.69, 9.17) is 16.0 Å². The summed E-state index contributed by atoms with van der Waals surface area (Å²) in [6.45, 7) is 2.41. The van der Waals surface area contributed by atoms with Crippen molar-refractivity contribution in [3.63, 3.8) is 0 Å². The van der Waals surface area contributed by atoms with Crippen molar-refractivity contribution in [1.82, 2.24) is 9.78 Å². The van der Waals surface area contributed by atoms with E-state index in [2.05, 4.69) is 5.10 Å². The molecule has 0 aromatic carbocycles. The highest BCUT2D eigenvalue weighted by atomic mass is 32.2. The molecule has 124 valence electrons. The van der Waals surface area contributed by atoms with Crippen LogP contribution < -0.4 is 16.4 Å². The van der Waals surface area contributed by atoms with Gasteiger partial charge >= 0.3 is 0 Å². The molecule has 10 heteroatoms. The number of nitrogens with two attached hydrogens (primary N) is 2. The summed E-state index contributed by atoms with van der Waals surface area (Å²) in [4.78, 5) is 13.4. The summed E-state index contributed by atoms with van der Waals surface area (Å²) < 4.78 is 32.2. The number of amides is 1. The molecule has 5 N–H and O–H groups in total. The number of rotatable bonds is 6. The molecule has 2 unspecified atom stereocenters. The van der Waals surface area contributed by atoms with Crippen LogP contribution in [0.2, 0.25) is 0 Å². The number of nitrogens with zero attached hydrogens (tertiary/aromatic N) is 3. The first kappa shape index (κ1) is 16.6. The van der Waals surface area contributed by atoms with Gasteiger partial charge in [0.2, 0.25) is 5.91 Å². The molecule has 0 spiro atoms. The fraction of sp³-hybridized carbons (Fsp3) is 0.667. The van der Waals surface area contributed by atoms with Gasteiger partial charge in [-0.3, -0.25) is 9.35 Å². The molecule has 1 saturated heterocycles. The quantitative estimate of drug-likeness (QED) is 0.610. The Labute approximate surface area is 129 Å². The van der Waals surface area contributed by atoms with Crippen LogP contribution >= 0.6 is 0 Å². The van der Waals surface area contributed by atoms with Crippen molar-refractivity contribution in [2.24, 2.45) is 5.73 Å². The lowest BCUT2D eigenvalue weighted by Crippen LogP contribution is -2.41. The minimum absolute atomic E-state index is 0.183. The lowest BCUT2D eigenvalue weighted by molar-refractivity contribution is -0.119. The molecule has 2 atom stereocenters. The van der Waals surface area contributed by atoms with Gasteiger partial charge in [0.15, 0.2) is 5.82 Å². The lowest BCUT2D eigenvalue weighted by Gasteiger charge is -2.27. The first-order valence-corrected chi connectivity index (χ1v) is 8.65. The third kappa shape index (κ3) is 3.50. The molecule has 1 fully saturated rings. The number of carbonyl (C=O) groups excluding carboxylic acids is 1. The zero-order valence-electron chi connectivity index (χ0n) is 12.3.